The Bertz CT molecular complexity index is 1380. The van der Waals surface area contributed by atoms with Gasteiger partial charge in [-0.3, -0.25) is 10.2 Å². The van der Waals surface area contributed by atoms with Gasteiger partial charge >= 0.3 is 0 Å². The maximum Gasteiger partial charge on any atom is 0.283 e. The number of thioether (sulfide) groups is 1. The first-order valence-corrected chi connectivity index (χ1v) is 12.4. The average molecular weight is 470 g/mol. The maximum absolute atomic E-state index is 12.9. The van der Waals surface area contributed by atoms with Gasteiger partial charge < -0.3 is 4.57 Å². The van der Waals surface area contributed by atoms with Crippen LogP contribution in [0.3, 0.4) is 0 Å². The van der Waals surface area contributed by atoms with Crippen molar-refractivity contribution in [3.63, 3.8) is 0 Å². The molecular weight excluding hydrogens is 442 g/mol. The molecule has 0 aliphatic carbocycles. The van der Waals surface area contributed by atoms with Crippen molar-refractivity contribution < 1.29 is 4.79 Å². The van der Waals surface area contributed by atoms with Crippen molar-refractivity contribution in [2.75, 3.05) is 0 Å². The molecule has 1 N–H and O–H groups in total. The van der Waals surface area contributed by atoms with Crippen molar-refractivity contribution in [1.29, 1.82) is 5.41 Å². The number of aryl methyl sites for hydroxylation is 1. The lowest BCUT2D eigenvalue weighted by molar-refractivity contribution is -0.114. The molecular formula is C27H27N5OS. The molecule has 7 heteroatoms. The lowest BCUT2D eigenvalue weighted by Gasteiger charge is -2.20. The molecule has 2 aliphatic heterocycles. The van der Waals surface area contributed by atoms with Crippen LogP contribution in [0.4, 0.5) is 0 Å². The van der Waals surface area contributed by atoms with E-state index in [1.54, 1.807) is 6.08 Å². The van der Waals surface area contributed by atoms with E-state index in [4.69, 9.17) is 5.41 Å². The van der Waals surface area contributed by atoms with Crippen LogP contribution >= 0.6 is 11.8 Å². The first-order valence-electron chi connectivity index (χ1n) is 11.6. The summed E-state index contributed by atoms with van der Waals surface area (Å²) in [7, 11) is 0. The summed E-state index contributed by atoms with van der Waals surface area (Å²) in [6.07, 6.45) is 5.77. The van der Waals surface area contributed by atoms with Crippen LogP contribution in [0, 0.1) is 18.3 Å². The summed E-state index contributed by atoms with van der Waals surface area (Å²) >= 11 is 1.41. The maximum atomic E-state index is 12.9. The number of nitrogens with zero attached hydrogens (tertiary/aromatic N) is 4. The van der Waals surface area contributed by atoms with Crippen LogP contribution in [0.5, 0.6) is 0 Å². The van der Waals surface area contributed by atoms with Gasteiger partial charge in [-0.2, -0.15) is 15.1 Å². The van der Waals surface area contributed by atoms with E-state index < -0.39 is 0 Å². The number of amides is 1. The highest BCUT2D eigenvalue weighted by Crippen LogP contribution is 2.33. The van der Waals surface area contributed by atoms with Gasteiger partial charge in [0.2, 0.25) is 5.17 Å². The molecule has 3 aromatic rings. The number of aromatic nitrogens is 1. The molecule has 0 atom stereocenters. The van der Waals surface area contributed by atoms with Gasteiger partial charge in [-0.05, 0) is 49.2 Å². The Morgan fingerprint density at radius 3 is 2.56 bits per heavy atom. The predicted molar refractivity (Wildman–Crippen MR) is 141 cm³/mol. The van der Waals surface area contributed by atoms with Crippen molar-refractivity contribution >= 4 is 50.7 Å². The molecule has 0 saturated carbocycles. The van der Waals surface area contributed by atoms with Crippen molar-refractivity contribution in [2.45, 2.75) is 40.2 Å². The van der Waals surface area contributed by atoms with Gasteiger partial charge in [0.1, 0.15) is 5.04 Å². The Labute approximate surface area is 203 Å². The number of hydrogen-bond donors (Lipinski definition) is 1. The van der Waals surface area contributed by atoms with E-state index in [9.17, 15) is 4.79 Å². The number of aliphatic imine (C=N–C) groups is 1. The van der Waals surface area contributed by atoms with Crippen molar-refractivity contribution in [3.8, 4) is 0 Å². The first-order chi connectivity index (χ1) is 16.5. The number of hydrogen-bond acceptors (Lipinski definition) is 4. The minimum Gasteiger partial charge on any atom is -0.342 e. The molecule has 1 aromatic heterocycles. The lowest BCUT2D eigenvalue weighted by Crippen LogP contribution is -2.35. The Morgan fingerprint density at radius 2 is 1.82 bits per heavy atom. The zero-order valence-electron chi connectivity index (χ0n) is 19.6. The molecule has 2 aromatic carbocycles. The second-order valence-corrected chi connectivity index (χ2v) is 9.67. The zero-order valence-corrected chi connectivity index (χ0v) is 20.4. The van der Waals surface area contributed by atoms with Crippen LogP contribution in [0.1, 0.15) is 43.4 Å². The van der Waals surface area contributed by atoms with Gasteiger partial charge in [-0.25, -0.2) is 0 Å². The number of amidine groups is 2. The van der Waals surface area contributed by atoms with E-state index in [1.165, 1.54) is 27.9 Å². The third-order valence-corrected chi connectivity index (χ3v) is 7.47. The van der Waals surface area contributed by atoms with Crippen molar-refractivity contribution in [1.82, 2.24) is 9.58 Å². The molecule has 6 nitrogen and oxygen atoms in total. The largest absolute Gasteiger partial charge is 0.342 e. The number of para-hydroxylation sites is 1. The number of carbonyl (C=O) groups excluding carboxylic acids is 1. The zero-order chi connectivity index (χ0) is 23.8. The van der Waals surface area contributed by atoms with Gasteiger partial charge in [0, 0.05) is 35.1 Å². The Hall–Kier alpha value is -3.45. The number of rotatable bonds is 6. The number of fused-ring (bicyclic) bond motifs is 2. The molecule has 0 bridgehead atoms. The quantitative estimate of drug-likeness (QED) is 0.446. The average Bonchev–Trinajstić information content (AvgIpc) is 3.41. The molecule has 2 aliphatic rings. The molecule has 5 rings (SSSR count). The smallest absolute Gasteiger partial charge is 0.283 e. The van der Waals surface area contributed by atoms with Gasteiger partial charge in [0.05, 0.1) is 5.57 Å². The van der Waals surface area contributed by atoms with E-state index in [-0.39, 0.29) is 17.3 Å². The van der Waals surface area contributed by atoms with Crippen LogP contribution in [-0.2, 0) is 11.3 Å². The molecule has 3 heterocycles. The van der Waals surface area contributed by atoms with Crippen LogP contribution in [0.15, 0.2) is 70.4 Å². The number of benzene rings is 2. The summed E-state index contributed by atoms with van der Waals surface area (Å²) < 4.78 is 2.19. The van der Waals surface area contributed by atoms with Crippen LogP contribution in [0.2, 0.25) is 0 Å². The van der Waals surface area contributed by atoms with E-state index >= 15 is 0 Å². The molecule has 0 unspecified atom stereocenters. The molecule has 34 heavy (non-hydrogen) atoms. The molecule has 0 fully saturated rings. The van der Waals surface area contributed by atoms with Crippen LogP contribution in [-0.4, -0.2) is 31.5 Å². The summed E-state index contributed by atoms with van der Waals surface area (Å²) in [5.41, 5.74) is 4.68. The summed E-state index contributed by atoms with van der Waals surface area (Å²) in [6.45, 7) is 7.07. The summed E-state index contributed by atoms with van der Waals surface area (Å²) in [4.78, 5) is 17.2. The molecule has 0 radical (unpaired) electrons. The standard InChI is InChI=1S/C27H27N5OS/c1-4-19(5-2)26-30-32-24(28)22(25(33)29-27(32)34-26)14-20-16-31(23-9-7-6-8-21(20)23)15-18-12-10-17(3)11-13-18/h6-14,16,19,28H,4-5,15H2,1-3H3/b22-14+,28-24?. The van der Waals surface area contributed by atoms with Crippen molar-refractivity contribution in [3.05, 3.63) is 77.0 Å². The SMILES string of the molecule is CCC(CC)C1=NN2C(=N)/C(=C\c3cn(Cc4ccc(C)cc4)c4ccccc34)C(=O)N=C2S1. The summed E-state index contributed by atoms with van der Waals surface area (Å²) in [5.74, 6) is 0.00677. The predicted octanol–water partition coefficient (Wildman–Crippen LogP) is 6.05. The highest BCUT2D eigenvalue weighted by molar-refractivity contribution is 8.27. The Balaban J connectivity index is 1.52. The van der Waals surface area contributed by atoms with Gasteiger partial charge in [0.15, 0.2) is 5.84 Å². The van der Waals surface area contributed by atoms with E-state index in [0.29, 0.717) is 11.1 Å². The second-order valence-electron chi connectivity index (χ2n) is 8.69. The fourth-order valence-corrected chi connectivity index (χ4v) is 5.53. The number of nitrogens with one attached hydrogen (secondary N) is 1. The molecule has 0 saturated heterocycles. The minimum absolute atomic E-state index is 0.0822. The van der Waals surface area contributed by atoms with Gasteiger partial charge in [-0.15, -0.1) is 0 Å². The topological polar surface area (TPSA) is 73.8 Å². The van der Waals surface area contributed by atoms with Crippen molar-refractivity contribution in [2.24, 2.45) is 16.0 Å². The third kappa shape index (κ3) is 4.01. The summed E-state index contributed by atoms with van der Waals surface area (Å²) in [6, 6.07) is 16.7. The second kappa shape index (κ2) is 9.06. The fraction of sp³-hybridized carbons (Fsp3) is 0.259. The third-order valence-electron chi connectivity index (χ3n) is 6.40. The molecule has 0 spiro atoms. The highest BCUT2D eigenvalue weighted by atomic mass is 32.2. The lowest BCUT2D eigenvalue weighted by atomic mass is 10.1. The minimum atomic E-state index is -0.389. The Morgan fingerprint density at radius 1 is 1.09 bits per heavy atom. The monoisotopic (exact) mass is 469 g/mol. The summed E-state index contributed by atoms with van der Waals surface area (Å²) in [5, 5.41) is 17.3. The van der Waals surface area contributed by atoms with Gasteiger partial charge in [0.25, 0.3) is 5.91 Å². The van der Waals surface area contributed by atoms with E-state index in [2.05, 4.69) is 72.0 Å². The first kappa shape index (κ1) is 22.3. The van der Waals surface area contributed by atoms with Crippen LogP contribution < -0.4 is 0 Å². The van der Waals surface area contributed by atoms with Gasteiger partial charge in [-0.1, -0.05) is 61.9 Å². The highest BCUT2D eigenvalue weighted by Gasteiger charge is 2.37. The van der Waals surface area contributed by atoms with E-state index in [1.807, 2.05) is 18.2 Å². The number of hydrazone groups is 1. The fourth-order valence-electron chi connectivity index (χ4n) is 4.38. The number of carbonyl (C=O) groups is 1. The molecule has 1 amide bonds. The molecule has 172 valence electrons. The normalized spacial score (nSPS) is 17.1. The van der Waals surface area contributed by atoms with Crippen LogP contribution in [0.25, 0.3) is 17.0 Å². The van der Waals surface area contributed by atoms with E-state index in [0.717, 1.165) is 40.9 Å². The Kier molecular flexibility index (Phi) is 5.96.